The van der Waals surface area contributed by atoms with Gasteiger partial charge in [-0.1, -0.05) is 0 Å². The minimum atomic E-state index is -1.20. The van der Waals surface area contributed by atoms with Crippen molar-refractivity contribution >= 4 is 17.5 Å². The van der Waals surface area contributed by atoms with E-state index in [1.807, 2.05) is 0 Å². The molecule has 0 atom stereocenters. The number of hydrogen-bond acceptors (Lipinski definition) is 6. The van der Waals surface area contributed by atoms with Crippen LogP contribution in [-0.4, -0.2) is 28.2 Å². The van der Waals surface area contributed by atoms with Crippen molar-refractivity contribution in [1.29, 1.82) is 0 Å². The van der Waals surface area contributed by atoms with Crippen molar-refractivity contribution < 1.29 is 24.3 Å². The molecule has 1 aromatic heterocycles. The molecule has 9 nitrogen and oxygen atoms in total. The van der Waals surface area contributed by atoms with E-state index < -0.39 is 11.0 Å². The highest BCUT2D eigenvalue weighted by atomic mass is 16.6. The molecule has 0 aliphatic rings. The lowest BCUT2D eigenvalue weighted by molar-refractivity contribution is -0.385. The summed E-state index contributed by atoms with van der Waals surface area (Å²) in [4.78, 5) is 24.4. The van der Waals surface area contributed by atoms with Gasteiger partial charge in [-0.25, -0.2) is 9.78 Å². The largest absolute Gasteiger partial charge is 0.493 e. The molecule has 22 heavy (non-hydrogen) atoms. The molecule has 0 aliphatic heterocycles. The smallest absolute Gasteiger partial charge is 0.409 e. The van der Waals surface area contributed by atoms with E-state index >= 15 is 0 Å². The summed E-state index contributed by atoms with van der Waals surface area (Å²) in [6, 6.07) is 7.02. The van der Waals surface area contributed by atoms with Crippen molar-refractivity contribution in [3.8, 4) is 17.4 Å². The summed E-state index contributed by atoms with van der Waals surface area (Å²) >= 11 is 0. The van der Waals surface area contributed by atoms with E-state index in [1.165, 1.54) is 37.4 Å². The first-order chi connectivity index (χ1) is 10.5. The van der Waals surface area contributed by atoms with Crippen LogP contribution in [0.5, 0.6) is 17.4 Å². The van der Waals surface area contributed by atoms with Crippen LogP contribution < -0.4 is 14.8 Å². The number of nitrogens with zero attached hydrogens (tertiary/aromatic N) is 2. The van der Waals surface area contributed by atoms with E-state index in [2.05, 4.69) is 10.3 Å². The van der Waals surface area contributed by atoms with E-state index in [-0.39, 0.29) is 17.3 Å². The van der Waals surface area contributed by atoms with E-state index in [0.717, 1.165) is 6.20 Å². The van der Waals surface area contributed by atoms with Crippen LogP contribution in [0.2, 0.25) is 0 Å². The summed E-state index contributed by atoms with van der Waals surface area (Å²) < 4.78 is 10.6. The maximum atomic E-state index is 10.6. The molecule has 9 heteroatoms. The second kappa shape index (κ2) is 6.39. The van der Waals surface area contributed by atoms with Crippen molar-refractivity contribution in [2.75, 3.05) is 12.4 Å². The van der Waals surface area contributed by atoms with Gasteiger partial charge in [-0.2, -0.15) is 0 Å². The van der Waals surface area contributed by atoms with Crippen LogP contribution in [0.1, 0.15) is 0 Å². The fourth-order valence-electron chi connectivity index (χ4n) is 1.61. The summed E-state index contributed by atoms with van der Waals surface area (Å²) in [5, 5.41) is 21.4. The molecule has 0 spiro atoms. The highest BCUT2D eigenvalue weighted by molar-refractivity contribution is 5.83. The Bertz CT molecular complexity index is 701. The molecule has 0 saturated carbocycles. The van der Waals surface area contributed by atoms with Crippen LogP contribution in [0.3, 0.4) is 0 Å². The Labute approximate surface area is 124 Å². The number of nitro groups is 1. The number of carbonyl (C=O) groups is 1. The van der Waals surface area contributed by atoms with Crippen molar-refractivity contribution in [3.05, 3.63) is 46.6 Å². The van der Waals surface area contributed by atoms with E-state index in [1.54, 1.807) is 0 Å². The molecule has 0 unspecified atom stereocenters. The Morgan fingerprint density at radius 2 is 2.09 bits per heavy atom. The molecule has 2 aromatic rings. The zero-order chi connectivity index (χ0) is 16.1. The number of anilines is 1. The Morgan fingerprint density at radius 3 is 2.64 bits per heavy atom. The van der Waals surface area contributed by atoms with Gasteiger partial charge in [0, 0.05) is 23.9 Å². The van der Waals surface area contributed by atoms with Crippen LogP contribution in [0.15, 0.2) is 36.5 Å². The number of pyridine rings is 1. The number of ether oxygens (including phenoxy) is 2. The summed E-state index contributed by atoms with van der Waals surface area (Å²) in [5.74, 6) is 0.717. The number of aromatic nitrogens is 1. The van der Waals surface area contributed by atoms with Crippen LogP contribution >= 0.6 is 0 Å². The van der Waals surface area contributed by atoms with E-state index in [0.29, 0.717) is 11.4 Å². The van der Waals surface area contributed by atoms with Gasteiger partial charge in [0.15, 0.2) is 11.5 Å². The fraction of sp³-hybridized carbons (Fsp3) is 0.0769. The number of hydrogen-bond donors (Lipinski definition) is 2. The number of rotatable bonds is 5. The first-order valence-corrected chi connectivity index (χ1v) is 5.96. The summed E-state index contributed by atoms with van der Waals surface area (Å²) in [7, 11) is 1.40. The Morgan fingerprint density at radius 1 is 1.32 bits per heavy atom. The molecule has 114 valence electrons. The second-order valence-corrected chi connectivity index (χ2v) is 4.01. The summed E-state index contributed by atoms with van der Waals surface area (Å²) in [5.41, 5.74) is 0.161. The Kier molecular flexibility index (Phi) is 4.37. The van der Waals surface area contributed by atoms with Crippen LogP contribution in [0, 0.1) is 10.1 Å². The van der Waals surface area contributed by atoms with Gasteiger partial charge in [-0.15, -0.1) is 0 Å². The van der Waals surface area contributed by atoms with Gasteiger partial charge in [-0.3, -0.25) is 15.4 Å². The molecule has 1 aromatic carbocycles. The highest BCUT2D eigenvalue weighted by Gasteiger charge is 2.11. The van der Waals surface area contributed by atoms with Gasteiger partial charge in [0.2, 0.25) is 5.88 Å². The predicted molar refractivity (Wildman–Crippen MR) is 75.6 cm³/mol. The molecule has 2 rings (SSSR count). The van der Waals surface area contributed by atoms with Crippen LogP contribution in [-0.2, 0) is 0 Å². The number of benzene rings is 1. The molecule has 0 bridgehead atoms. The zero-order valence-corrected chi connectivity index (χ0v) is 11.3. The predicted octanol–water partition coefficient (Wildman–Crippen LogP) is 2.88. The monoisotopic (exact) mass is 305 g/mol. The van der Waals surface area contributed by atoms with Crippen molar-refractivity contribution in [2.45, 2.75) is 0 Å². The minimum Gasteiger partial charge on any atom is -0.493 e. The third-order valence-corrected chi connectivity index (χ3v) is 2.56. The average molecular weight is 305 g/mol. The van der Waals surface area contributed by atoms with Crippen molar-refractivity contribution in [1.82, 2.24) is 4.98 Å². The Balaban J connectivity index is 2.21. The zero-order valence-electron chi connectivity index (χ0n) is 11.3. The lowest BCUT2D eigenvalue weighted by atomic mass is 10.2. The van der Waals surface area contributed by atoms with Crippen LogP contribution in [0.25, 0.3) is 0 Å². The molecule has 0 aliphatic carbocycles. The topological polar surface area (TPSA) is 124 Å². The number of amides is 1. The van der Waals surface area contributed by atoms with Crippen molar-refractivity contribution in [2.24, 2.45) is 0 Å². The number of carboxylic acid groups (broad SMARTS) is 1. The van der Waals surface area contributed by atoms with Crippen LogP contribution in [0.4, 0.5) is 16.2 Å². The first-order valence-electron chi connectivity index (χ1n) is 5.96. The average Bonchev–Trinajstić information content (AvgIpc) is 2.48. The number of methoxy groups -OCH3 is 1. The summed E-state index contributed by atoms with van der Waals surface area (Å²) in [6.45, 7) is 0. The van der Waals surface area contributed by atoms with Gasteiger partial charge in [0.05, 0.1) is 12.0 Å². The van der Waals surface area contributed by atoms with Gasteiger partial charge in [0.1, 0.15) is 6.20 Å². The lowest BCUT2D eigenvalue weighted by Crippen LogP contribution is -2.07. The Hall–Kier alpha value is -3.36. The normalized spacial score (nSPS) is 9.86. The van der Waals surface area contributed by atoms with Gasteiger partial charge < -0.3 is 14.6 Å². The van der Waals surface area contributed by atoms with Gasteiger partial charge in [-0.05, 0) is 12.1 Å². The second-order valence-electron chi connectivity index (χ2n) is 4.01. The third-order valence-electron chi connectivity index (χ3n) is 2.56. The van der Waals surface area contributed by atoms with Crippen molar-refractivity contribution in [3.63, 3.8) is 0 Å². The molecule has 1 amide bonds. The molecule has 2 N–H and O–H groups in total. The lowest BCUT2D eigenvalue weighted by Gasteiger charge is -2.11. The third kappa shape index (κ3) is 3.60. The maximum Gasteiger partial charge on any atom is 0.409 e. The van der Waals surface area contributed by atoms with E-state index in [4.69, 9.17) is 14.6 Å². The molecule has 0 saturated heterocycles. The quantitative estimate of drug-likeness (QED) is 0.642. The maximum absolute atomic E-state index is 10.6. The molecule has 0 fully saturated rings. The fourth-order valence-corrected chi connectivity index (χ4v) is 1.61. The van der Waals surface area contributed by atoms with Gasteiger partial charge in [0.25, 0.3) is 5.69 Å². The first kappa shape index (κ1) is 15.0. The van der Waals surface area contributed by atoms with E-state index in [9.17, 15) is 14.9 Å². The molecular weight excluding hydrogens is 294 g/mol. The molecular formula is C13H11N3O6. The highest BCUT2D eigenvalue weighted by Crippen LogP contribution is 2.33. The molecule has 0 radical (unpaired) electrons. The standard InChI is InChI=1S/C13H11N3O6/c1-21-11-6-8(15-13(17)18)2-4-10(11)22-12-5-3-9(7-14-12)16(19)20/h2-7,15H,1H3,(H,17,18). The SMILES string of the molecule is COc1cc(NC(=O)O)ccc1Oc1ccc([N+](=O)[O-])cn1. The number of nitrogens with one attached hydrogen (secondary N) is 1. The minimum absolute atomic E-state index is 0.142. The molecule has 1 heterocycles. The summed E-state index contributed by atoms with van der Waals surface area (Å²) in [6.07, 6.45) is -0.130. The van der Waals surface area contributed by atoms with Gasteiger partial charge >= 0.3 is 6.09 Å².